The van der Waals surface area contributed by atoms with E-state index in [1.54, 1.807) is 12.1 Å². The Morgan fingerprint density at radius 1 is 1.10 bits per heavy atom. The summed E-state index contributed by atoms with van der Waals surface area (Å²) in [5.41, 5.74) is 2.53. The quantitative estimate of drug-likeness (QED) is 0.764. The highest BCUT2D eigenvalue weighted by Crippen LogP contribution is 2.15. The average molecular weight is 265 g/mol. The van der Waals surface area contributed by atoms with Gasteiger partial charge in [0.15, 0.2) is 0 Å². The summed E-state index contributed by atoms with van der Waals surface area (Å²) in [6.07, 6.45) is 0. The van der Waals surface area contributed by atoms with Crippen LogP contribution in [0.5, 0.6) is 0 Å². The van der Waals surface area contributed by atoms with E-state index in [0.29, 0.717) is 5.56 Å². The maximum absolute atomic E-state index is 12.1. The second kappa shape index (κ2) is 5.17. The third-order valence-corrected chi connectivity index (χ3v) is 3.20. The lowest BCUT2D eigenvalue weighted by molar-refractivity contribution is 0.0938. The lowest BCUT2D eigenvalue weighted by Gasteiger charge is -2.11. The fourth-order valence-electron chi connectivity index (χ4n) is 2.12. The van der Waals surface area contributed by atoms with Gasteiger partial charge >= 0.3 is 0 Å². The van der Waals surface area contributed by atoms with Crippen molar-refractivity contribution in [3.05, 3.63) is 66.0 Å². The highest BCUT2D eigenvalue weighted by atomic mass is 16.1. The third-order valence-electron chi connectivity index (χ3n) is 3.20. The molecule has 0 aliphatic heterocycles. The molecule has 0 unspecified atom stereocenters. The van der Waals surface area contributed by atoms with Crippen LogP contribution in [0.4, 0.5) is 0 Å². The van der Waals surface area contributed by atoms with E-state index in [4.69, 9.17) is 0 Å². The van der Waals surface area contributed by atoms with Crippen LogP contribution in [0.3, 0.4) is 0 Å². The zero-order valence-electron chi connectivity index (χ0n) is 11.1. The summed E-state index contributed by atoms with van der Waals surface area (Å²) in [4.78, 5) is 19.8. The van der Waals surface area contributed by atoms with Crippen LogP contribution >= 0.6 is 0 Å². The Labute approximate surface area is 116 Å². The number of imidazole rings is 1. The number of nitrogens with zero attached hydrogens (tertiary/aromatic N) is 1. The Bertz CT molecular complexity index is 701. The molecule has 0 radical (unpaired) electrons. The van der Waals surface area contributed by atoms with Gasteiger partial charge in [0.2, 0.25) is 0 Å². The van der Waals surface area contributed by atoms with Gasteiger partial charge in [-0.3, -0.25) is 4.79 Å². The van der Waals surface area contributed by atoms with Gasteiger partial charge < -0.3 is 10.3 Å². The molecule has 0 aliphatic rings. The number of benzene rings is 2. The van der Waals surface area contributed by atoms with Gasteiger partial charge in [-0.15, -0.1) is 0 Å². The van der Waals surface area contributed by atoms with Crippen LogP contribution in [0.1, 0.15) is 29.1 Å². The molecule has 0 saturated heterocycles. The Hall–Kier alpha value is -2.62. The van der Waals surface area contributed by atoms with Crippen molar-refractivity contribution in [2.45, 2.75) is 13.0 Å². The van der Waals surface area contributed by atoms with Crippen LogP contribution in [0, 0.1) is 0 Å². The molecule has 1 amide bonds. The summed E-state index contributed by atoms with van der Waals surface area (Å²) in [6.45, 7) is 1.92. The van der Waals surface area contributed by atoms with Crippen LogP contribution in [0.25, 0.3) is 11.0 Å². The minimum absolute atomic E-state index is 0.0986. The van der Waals surface area contributed by atoms with Crippen molar-refractivity contribution < 1.29 is 4.79 Å². The summed E-state index contributed by atoms with van der Waals surface area (Å²) in [5, 5.41) is 2.94. The summed E-state index contributed by atoms with van der Waals surface area (Å²) in [7, 11) is 0. The first-order valence-corrected chi connectivity index (χ1v) is 6.54. The first-order chi connectivity index (χ1) is 9.74. The Morgan fingerprint density at radius 3 is 2.55 bits per heavy atom. The van der Waals surface area contributed by atoms with E-state index in [-0.39, 0.29) is 11.9 Å². The number of rotatable bonds is 3. The molecule has 2 aromatic carbocycles. The van der Waals surface area contributed by atoms with Gasteiger partial charge in [-0.25, -0.2) is 4.98 Å². The SMILES string of the molecule is C[C@@H](NC(=O)c1ccccc1)c1nc2ccccc2[nH]1. The van der Waals surface area contributed by atoms with Crippen molar-refractivity contribution in [3.63, 3.8) is 0 Å². The molecule has 20 heavy (non-hydrogen) atoms. The maximum Gasteiger partial charge on any atom is 0.251 e. The lowest BCUT2D eigenvalue weighted by atomic mass is 10.2. The first kappa shape index (κ1) is 12.4. The van der Waals surface area contributed by atoms with Crippen molar-refractivity contribution in [3.8, 4) is 0 Å². The number of hydrogen-bond acceptors (Lipinski definition) is 2. The molecule has 0 fully saturated rings. The normalized spacial score (nSPS) is 12.2. The summed E-state index contributed by atoms with van der Waals surface area (Å²) in [5.74, 6) is 0.661. The maximum atomic E-state index is 12.1. The molecule has 0 aliphatic carbocycles. The van der Waals surface area contributed by atoms with Crippen LogP contribution in [-0.2, 0) is 0 Å². The van der Waals surface area contributed by atoms with E-state index in [1.807, 2.05) is 49.4 Å². The third kappa shape index (κ3) is 2.40. The largest absolute Gasteiger partial charge is 0.342 e. The molecular weight excluding hydrogens is 250 g/mol. The van der Waals surface area contributed by atoms with Crippen molar-refractivity contribution in [1.29, 1.82) is 0 Å². The number of fused-ring (bicyclic) bond motifs is 1. The molecule has 1 atom stereocenters. The van der Waals surface area contributed by atoms with Crippen molar-refractivity contribution >= 4 is 16.9 Å². The number of hydrogen-bond donors (Lipinski definition) is 2. The van der Waals surface area contributed by atoms with Gasteiger partial charge in [0.25, 0.3) is 5.91 Å². The number of aromatic nitrogens is 2. The summed E-state index contributed by atoms with van der Waals surface area (Å²) in [6, 6.07) is 16.8. The Balaban J connectivity index is 1.79. The van der Waals surface area contributed by atoms with Gasteiger partial charge in [-0.2, -0.15) is 0 Å². The number of amides is 1. The van der Waals surface area contributed by atoms with Crippen molar-refractivity contribution in [1.82, 2.24) is 15.3 Å². The summed E-state index contributed by atoms with van der Waals surface area (Å²) < 4.78 is 0. The molecule has 2 N–H and O–H groups in total. The smallest absolute Gasteiger partial charge is 0.251 e. The lowest BCUT2D eigenvalue weighted by Crippen LogP contribution is -2.27. The van der Waals surface area contributed by atoms with Crippen molar-refractivity contribution in [2.75, 3.05) is 0 Å². The van der Waals surface area contributed by atoms with Gasteiger partial charge in [-0.1, -0.05) is 30.3 Å². The molecule has 100 valence electrons. The fourth-order valence-corrected chi connectivity index (χ4v) is 2.12. The fraction of sp³-hybridized carbons (Fsp3) is 0.125. The van der Waals surface area contributed by atoms with Crippen LogP contribution < -0.4 is 5.32 Å². The molecule has 3 rings (SSSR count). The topological polar surface area (TPSA) is 57.8 Å². The van der Waals surface area contributed by atoms with Crippen LogP contribution in [0.2, 0.25) is 0 Å². The van der Waals surface area contributed by atoms with Gasteiger partial charge in [0.1, 0.15) is 5.82 Å². The number of nitrogens with one attached hydrogen (secondary N) is 2. The monoisotopic (exact) mass is 265 g/mol. The minimum atomic E-state index is -0.171. The van der Waals surface area contributed by atoms with Gasteiger partial charge in [0.05, 0.1) is 17.1 Å². The zero-order valence-corrected chi connectivity index (χ0v) is 11.1. The molecule has 1 heterocycles. The van der Waals surface area contributed by atoms with E-state index in [0.717, 1.165) is 16.9 Å². The van der Waals surface area contributed by atoms with Crippen LogP contribution in [-0.4, -0.2) is 15.9 Å². The minimum Gasteiger partial charge on any atom is -0.342 e. The first-order valence-electron chi connectivity index (χ1n) is 6.54. The van der Waals surface area contributed by atoms with Crippen LogP contribution in [0.15, 0.2) is 54.6 Å². The Kier molecular flexibility index (Phi) is 3.21. The highest BCUT2D eigenvalue weighted by Gasteiger charge is 2.14. The van der Waals surface area contributed by atoms with E-state index in [9.17, 15) is 4.79 Å². The number of carbonyl (C=O) groups is 1. The number of H-pyrrole nitrogens is 1. The number of para-hydroxylation sites is 2. The molecule has 0 spiro atoms. The molecular formula is C16H15N3O. The van der Waals surface area contributed by atoms with E-state index in [2.05, 4.69) is 15.3 Å². The molecule has 3 aromatic rings. The van der Waals surface area contributed by atoms with Gasteiger partial charge in [0, 0.05) is 5.56 Å². The van der Waals surface area contributed by atoms with E-state index >= 15 is 0 Å². The predicted octanol–water partition coefficient (Wildman–Crippen LogP) is 3.05. The predicted molar refractivity (Wildman–Crippen MR) is 78.4 cm³/mol. The number of aromatic amines is 1. The second-order valence-electron chi connectivity index (χ2n) is 4.70. The zero-order chi connectivity index (χ0) is 13.9. The second-order valence-corrected chi connectivity index (χ2v) is 4.70. The molecule has 4 nitrogen and oxygen atoms in total. The molecule has 0 bridgehead atoms. The number of carbonyl (C=O) groups excluding carboxylic acids is 1. The van der Waals surface area contributed by atoms with E-state index in [1.165, 1.54) is 0 Å². The molecule has 4 heteroatoms. The summed E-state index contributed by atoms with van der Waals surface area (Å²) >= 11 is 0. The Morgan fingerprint density at radius 2 is 1.80 bits per heavy atom. The standard InChI is InChI=1S/C16H15N3O/c1-11(17-16(20)12-7-3-2-4-8-12)15-18-13-9-5-6-10-14(13)19-15/h2-11H,1H3,(H,17,20)(H,18,19)/t11-/m1/s1. The molecule has 1 aromatic heterocycles. The van der Waals surface area contributed by atoms with E-state index < -0.39 is 0 Å². The highest BCUT2D eigenvalue weighted by molar-refractivity contribution is 5.94. The average Bonchev–Trinajstić information content (AvgIpc) is 2.92. The van der Waals surface area contributed by atoms with Crippen molar-refractivity contribution in [2.24, 2.45) is 0 Å². The molecule has 0 saturated carbocycles. The van der Waals surface area contributed by atoms with Gasteiger partial charge in [-0.05, 0) is 31.2 Å².